The lowest BCUT2D eigenvalue weighted by molar-refractivity contribution is -0.142. The van der Waals surface area contributed by atoms with Crippen molar-refractivity contribution in [3.05, 3.63) is 35.9 Å². The molecule has 1 fully saturated rings. The number of hydrogen-bond acceptors (Lipinski definition) is 4. The van der Waals surface area contributed by atoms with Gasteiger partial charge in [-0.25, -0.2) is 9.69 Å². The molecule has 6 nitrogen and oxygen atoms in total. The summed E-state index contributed by atoms with van der Waals surface area (Å²) in [5.41, 5.74) is 0.933. The van der Waals surface area contributed by atoms with Crippen LogP contribution in [0, 0.1) is 23.7 Å². The van der Waals surface area contributed by atoms with Gasteiger partial charge in [-0.1, -0.05) is 110 Å². The number of hydrogen-bond donors (Lipinski definition) is 1. The fraction of sp³-hybridized carbons (Fsp3) is 0.719. The highest BCUT2D eigenvalue weighted by molar-refractivity contribution is 5.95. The van der Waals surface area contributed by atoms with Crippen molar-refractivity contribution in [2.24, 2.45) is 23.7 Å². The molecule has 1 saturated heterocycles. The summed E-state index contributed by atoms with van der Waals surface area (Å²) < 4.78 is 5.52. The lowest BCUT2D eigenvalue weighted by Gasteiger charge is -2.25. The average molecular weight is 532 g/mol. The third-order valence-corrected chi connectivity index (χ3v) is 7.79. The number of rotatable bonds is 15. The van der Waals surface area contributed by atoms with E-state index in [0.717, 1.165) is 37.7 Å². The van der Waals surface area contributed by atoms with E-state index in [1.165, 1.54) is 37.0 Å². The number of carboxylic acid groups (broad SMARTS) is 1. The first kappa shape index (κ1) is 33.7. The molecule has 0 aromatic heterocycles. The Morgan fingerprint density at radius 2 is 1.39 bits per heavy atom. The molecule has 6 heteroatoms. The zero-order valence-electron chi connectivity index (χ0n) is 24.9. The van der Waals surface area contributed by atoms with Gasteiger partial charge in [-0.05, 0) is 50.0 Å². The van der Waals surface area contributed by atoms with E-state index in [4.69, 9.17) is 9.84 Å². The van der Waals surface area contributed by atoms with Crippen molar-refractivity contribution in [2.75, 3.05) is 0 Å². The molecule has 6 atom stereocenters. The van der Waals surface area contributed by atoms with Crippen LogP contribution in [-0.2, 0) is 14.3 Å². The lowest BCUT2D eigenvalue weighted by Crippen LogP contribution is -2.42. The smallest absolute Gasteiger partial charge is 0.417 e. The Bertz CT molecular complexity index is 826. The largest absolute Gasteiger partial charge is 0.481 e. The topological polar surface area (TPSA) is 83.9 Å². The molecule has 216 valence electrons. The second kappa shape index (κ2) is 18.0. The van der Waals surface area contributed by atoms with Crippen molar-refractivity contribution >= 4 is 18.0 Å². The molecule has 2 amide bonds. The van der Waals surface area contributed by atoms with E-state index >= 15 is 0 Å². The van der Waals surface area contributed by atoms with Crippen LogP contribution in [0.3, 0.4) is 0 Å². The summed E-state index contributed by atoms with van der Waals surface area (Å²) in [5, 5.41) is 8.85. The monoisotopic (exact) mass is 531 g/mol. The Labute approximate surface area is 231 Å². The van der Waals surface area contributed by atoms with E-state index in [1.807, 2.05) is 51.1 Å². The molecule has 0 saturated carbocycles. The van der Waals surface area contributed by atoms with Gasteiger partial charge in [-0.2, -0.15) is 0 Å². The maximum absolute atomic E-state index is 13.0. The standard InChI is InChI=1S/C21H31NO3.C11H22O2/c1-5-7-11-15(3)14-17(6-2)20(23)22-16(4)19(25-21(22)24)18-12-9-8-10-13-18;1-4-6-7-9(3)8-10(5-2)11(12)13/h8-10,12-13,15-17,19H,5-7,11,14H2,1-4H3;9-10H,4-8H2,1-3H3,(H,12,13)/t15-,16-,17-,19-;9-,10-/m11/s1. The van der Waals surface area contributed by atoms with Crippen molar-refractivity contribution in [2.45, 2.75) is 125 Å². The highest BCUT2D eigenvalue weighted by atomic mass is 16.6. The number of ether oxygens (including phenoxy) is 1. The van der Waals surface area contributed by atoms with Crippen molar-refractivity contribution < 1.29 is 24.2 Å². The zero-order valence-corrected chi connectivity index (χ0v) is 24.9. The molecule has 0 bridgehead atoms. The summed E-state index contributed by atoms with van der Waals surface area (Å²) in [6.45, 7) is 14.6. The van der Waals surface area contributed by atoms with E-state index in [0.29, 0.717) is 11.8 Å². The predicted molar refractivity (Wildman–Crippen MR) is 154 cm³/mol. The van der Waals surface area contributed by atoms with Gasteiger partial charge < -0.3 is 9.84 Å². The van der Waals surface area contributed by atoms with Gasteiger partial charge in [0.05, 0.1) is 12.0 Å². The van der Waals surface area contributed by atoms with Gasteiger partial charge >= 0.3 is 12.1 Å². The van der Waals surface area contributed by atoms with Gasteiger partial charge in [0.15, 0.2) is 0 Å². The Morgan fingerprint density at radius 1 is 0.895 bits per heavy atom. The van der Waals surface area contributed by atoms with Crippen LogP contribution in [0.2, 0.25) is 0 Å². The molecule has 0 radical (unpaired) electrons. The van der Waals surface area contributed by atoms with Crippen molar-refractivity contribution in [1.29, 1.82) is 0 Å². The normalized spacial score (nSPS) is 20.1. The number of unbranched alkanes of at least 4 members (excludes halogenated alkanes) is 2. The van der Waals surface area contributed by atoms with Gasteiger partial charge in [0.1, 0.15) is 6.10 Å². The second-order valence-corrected chi connectivity index (χ2v) is 11.2. The SMILES string of the molecule is CCCC[C@@H](C)C[C@@H](CC)C(=O)N1C(=O)O[C@@H](c2ccccc2)[C@H]1C.CCCC[C@@H](C)C[C@@H](CC)C(=O)O. The summed E-state index contributed by atoms with van der Waals surface area (Å²) in [7, 11) is 0. The number of aliphatic carboxylic acids is 1. The average Bonchev–Trinajstić information content (AvgIpc) is 3.21. The summed E-state index contributed by atoms with van der Waals surface area (Å²) in [5.74, 6) is 0.0876. The van der Waals surface area contributed by atoms with Gasteiger partial charge in [-0.15, -0.1) is 0 Å². The minimum Gasteiger partial charge on any atom is -0.481 e. The molecular weight excluding hydrogens is 478 g/mol. The van der Waals surface area contributed by atoms with Crippen LogP contribution in [0.15, 0.2) is 30.3 Å². The Balaban J connectivity index is 0.000000471. The first-order valence-electron chi connectivity index (χ1n) is 14.9. The van der Waals surface area contributed by atoms with Crippen LogP contribution in [-0.4, -0.2) is 34.0 Å². The number of cyclic esters (lactones) is 1. The maximum atomic E-state index is 13.0. The molecule has 1 aliphatic rings. The van der Waals surface area contributed by atoms with Crippen molar-refractivity contribution in [1.82, 2.24) is 4.90 Å². The van der Waals surface area contributed by atoms with Gasteiger partial charge in [0.2, 0.25) is 5.91 Å². The highest BCUT2D eigenvalue weighted by Crippen LogP contribution is 2.34. The molecular formula is C32H53NO5. The van der Waals surface area contributed by atoms with Gasteiger partial charge in [0.25, 0.3) is 0 Å². The van der Waals surface area contributed by atoms with Crippen LogP contribution < -0.4 is 0 Å². The third-order valence-electron chi connectivity index (χ3n) is 7.79. The van der Waals surface area contributed by atoms with E-state index in [1.54, 1.807) is 0 Å². The number of benzene rings is 1. The minimum atomic E-state index is -0.633. The highest BCUT2D eigenvalue weighted by Gasteiger charge is 2.44. The second-order valence-electron chi connectivity index (χ2n) is 11.2. The summed E-state index contributed by atoms with van der Waals surface area (Å²) in [4.78, 5) is 37.5. The van der Waals surface area contributed by atoms with Crippen LogP contribution in [0.4, 0.5) is 4.79 Å². The Morgan fingerprint density at radius 3 is 1.84 bits per heavy atom. The molecule has 1 aliphatic heterocycles. The zero-order chi connectivity index (χ0) is 28.7. The molecule has 1 aromatic rings. The minimum absolute atomic E-state index is 0.0817. The van der Waals surface area contributed by atoms with Crippen molar-refractivity contribution in [3.63, 3.8) is 0 Å². The molecule has 38 heavy (non-hydrogen) atoms. The van der Waals surface area contributed by atoms with E-state index < -0.39 is 12.1 Å². The molecule has 0 aliphatic carbocycles. The predicted octanol–water partition coefficient (Wildman–Crippen LogP) is 8.65. The number of amides is 2. The number of imide groups is 1. The van der Waals surface area contributed by atoms with E-state index in [9.17, 15) is 14.4 Å². The first-order chi connectivity index (χ1) is 18.1. The van der Waals surface area contributed by atoms with E-state index in [2.05, 4.69) is 27.7 Å². The molecule has 0 unspecified atom stereocenters. The molecule has 1 aromatic carbocycles. The van der Waals surface area contributed by atoms with Crippen LogP contribution in [0.5, 0.6) is 0 Å². The first-order valence-corrected chi connectivity index (χ1v) is 14.9. The molecule has 1 heterocycles. The maximum Gasteiger partial charge on any atom is 0.417 e. The van der Waals surface area contributed by atoms with Crippen molar-refractivity contribution in [3.8, 4) is 0 Å². The summed E-state index contributed by atoms with van der Waals surface area (Å²) in [6, 6.07) is 9.37. The van der Waals surface area contributed by atoms with Gasteiger partial charge in [-0.3, -0.25) is 9.59 Å². The lowest BCUT2D eigenvalue weighted by atomic mass is 9.89. The molecule has 1 N–H and O–H groups in total. The summed E-state index contributed by atoms with van der Waals surface area (Å²) in [6.07, 6.45) is 9.37. The Hall–Kier alpha value is -2.37. The number of nitrogens with zero attached hydrogens (tertiary/aromatic N) is 1. The quantitative estimate of drug-likeness (QED) is 0.245. The Kier molecular flexibility index (Phi) is 16.0. The van der Waals surface area contributed by atoms with Crippen LogP contribution in [0.25, 0.3) is 0 Å². The number of carbonyl (C=O) groups excluding carboxylic acids is 2. The van der Waals surface area contributed by atoms with E-state index in [-0.39, 0.29) is 29.9 Å². The third kappa shape index (κ3) is 10.8. The fourth-order valence-corrected chi connectivity index (χ4v) is 5.24. The molecule has 0 spiro atoms. The summed E-state index contributed by atoms with van der Waals surface area (Å²) >= 11 is 0. The molecule has 2 rings (SSSR count). The fourth-order valence-electron chi connectivity index (χ4n) is 5.24. The van der Waals surface area contributed by atoms with Crippen LogP contribution in [0.1, 0.15) is 124 Å². The number of carboxylic acids is 1. The van der Waals surface area contributed by atoms with Crippen LogP contribution >= 0.6 is 0 Å². The van der Waals surface area contributed by atoms with Gasteiger partial charge in [0, 0.05) is 5.92 Å². The number of carbonyl (C=O) groups is 3.